The van der Waals surface area contributed by atoms with Gasteiger partial charge < -0.3 is 10.1 Å². The fraction of sp³-hybridized carbons (Fsp3) is 0.100. The van der Waals surface area contributed by atoms with Crippen LogP contribution in [-0.4, -0.2) is 32.8 Å². The van der Waals surface area contributed by atoms with Crippen LogP contribution in [0.3, 0.4) is 0 Å². The SMILES string of the molecule is COc1ccc(-c2nc(NCc3cccs3)n(C(=O)c3ccccn3)n2)cc1. The summed E-state index contributed by atoms with van der Waals surface area (Å²) in [6.07, 6.45) is 1.58. The van der Waals surface area contributed by atoms with Crippen molar-refractivity contribution in [1.29, 1.82) is 0 Å². The number of hydrogen-bond acceptors (Lipinski definition) is 7. The summed E-state index contributed by atoms with van der Waals surface area (Å²) in [6, 6.07) is 16.5. The highest BCUT2D eigenvalue weighted by atomic mass is 32.1. The van der Waals surface area contributed by atoms with Crippen molar-refractivity contribution in [3.63, 3.8) is 0 Å². The Bertz CT molecular complexity index is 1060. The van der Waals surface area contributed by atoms with Crippen LogP contribution in [-0.2, 0) is 6.54 Å². The Hall–Kier alpha value is -3.52. The van der Waals surface area contributed by atoms with E-state index in [-0.39, 0.29) is 5.91 Å². The molecule has 7 nitrogen and oxygen atoms in total. The molecule has 0 aliphatic rings. The second-order valence-electron chi connectivity index (χ2n) is 5.85. The zero-order chi connectivity index (χ0) is 19.3. The third-order valence-corrected chi connectivity index (χ3v) is 4.91. The van der Waals surface area contributed by atoms with Crippen LogP contribution in [0.1, 0.15) is 15.4 Å². The van der Waals surface area contributed by atoms with Crippen molar-refractivity contribution in [1.82, 2.24) is 19.7 Å². The van der Waals surface area contributed by atoms with Crippen molar-refractivity contribution < 1.29 is 9.53 Å². The molecule has 0 aliphatic heterocycles. The van der Waals surface area contributed by atoms with E-state index in [1.807, 2.05) is 41.8 Å². The van der Waals surface area contributed by atoms with Crippen LogP contribution >= 0.6 is 11.3 Å². The monoisotopic (exact) mass is 391 g/mol. The highest BCUT2D eigenvalue weighted by molar-refractivity contribution is 7.09. The first-order valence-corrected chi connectivity index (χ1v) is 9.46. The summed E-state index contributed by atoms with van der Waals surface area (Å²) < 4.78 is 6.45. The lowest BCUT2D eigenvalue weighted by Gasteiger charge is -2.05. The van der Waals surface area contributed by atoms with E-state index >= 15 is 0 Å². The number of nitrogens with zero attached hydrogens (tertiary/aromatic N) is 4. The first-order valence-electron chi connectivity index (χ1n) is 8.58. The number of hydrogen-bond donors (Lipinski definition) is 1. The molecule has 3 aromatic heterocycles. The van der Waals surface area contributed by atoms with Crippen molar-refractivity contribution in [2.75, 3.05) is 12.4 Å². The molecule has 1 aromatic carbocycles. The molecule has 0 aliphatic carbocycles. The molecule has 0 fully saturated rings. The maximum atomic E-state index is 12.9. The average molecular weight is 391 g/mol. The number of carbonyl (C=O) groups is 1. The molecule has 0 saturated heterocycles. The van der Waals surface area contributed by atoms with E-state index < -0.39 is 0 Å². The van der Waals surface area contributed by atoms with Gasteiger partial charge in [0, 0.05) is 16.6 Å². The van der Waals surface area contributed by atoms with Crippen LogP contribution in [0.5, 0.6) is 5.75 Å². The van der Waals surface area contributed by atoms with Crippen LogP contribution in [0.25, 0.3) is 11.4 Å². The van der Waals surface area contributed by atoms with Gasteiger partial charge in [0.2, 0.25) is 5.95 Å². The highest BCUT2D eigenvalue weighted by Gasteiger charge is 2.19. The Morgan fingerprint density at radius 2 is 2.00 bits per heavy atom. The lowest BCUT2D eigenvalue weighted by Crippen LogP contribution is -2.18. The molecular formula is C20H17N5O2S. The first kappa shape index (κ1) is 17.9. The number of anilines is 1. The molecule has 0 unspecified atom stereocenters. The topological polar surface area (TPSA) is 81.9 Å². The predicted molar refractivity (Wildman–Crippen MR) is 108 cm³/mol. The van der Waals surface area contributed by atoms with Gasteiger partial charge in [0.05, 0.1) is 13.7 Å². The zero-order valence-electron chi connectivity index (χ0n) is 15.1. The molecule has 0 atom stereocenters. The van der Waals surface area contributed by atoms with E-state index in [2.05, 4.69) is 20.4 Å². The van der Waals surface area contributed by atoms with E-state index in [0.717, 1.165) is 16.2 Å². The summed E-state index contributed by atoms with van der Waals surface area (Å²) in [5, 5.41) is 9.64. The molecule has 4 rings (SSSR count). The minimum absolute atomic E-state index is 0.299. The third-order valence-electron chi connectivity index (χ3n) is 4.03. The fourth-order valence-electron chi connectivity index (χ4n) is 2.61. The molecule has 0 amide bonds. The second-order valence-corrected chi connectivity index (χ2v) is 6.88. The van der Waals surface area contributed by atoms with Crippen molar-refractivity contribution in [3.05, 3.63) is 76.7 Å². The number of benzene rings is 1. The molecule has 0 saturated carbocycles. The minimum atomic E-state index is -0.346. The Balaban J connectivity index is 1.69. The summed E-state index contributed by atoms with van der Waals surface area (Å²) in [5.41, 5.74) is 1.08. The summed E-state index contributed by atoms with van der Waals surface area (Å²) in [6.45, 7) is 0.550. The molecule has 0 bridgehead atoms. The van der Waals surface area contributed by atoms with Crippen LogP contribution in [0.4, 0.5) is 5.95 Å². The van der Waals surface area contributed by atoms with Gasteiger partial charge >= 0.3 is 0 Å². The number of pyridine rings is 1. The Morgan fingerprint density at radius 3 is 2.68 bits per heavy atom. The summed E-state index contributed by atoms with van der Waals surface area (Å²) in [7, 11) is 1.61. The first-order chi connectivity index (χ1) is 13.7. The van der Waals surface area contributed by atoms with Gasteiger partial charge in [-0.3, -0.25) is 9.78 Å². The van der Waals surface area contributed by atoms with Crippen molar-refractivity contribution in [2.45, 2.75) is 6.54 Å². The standard InChI is InChI=1S/C20H17N5O2S/c1-27-15-9-7-14(8-10-15)18-23-20(22-13-16-5-4-12-28-16)25(24-18)19(26)17-6-2-3-11-21-17/h2-12H,13H2,1H3,(H,22,23,24). The van der Waals surface area contributed by atoms with Gasteiger partial charge in [-0.15, -0.1) is 16.4 Å². The summed E-state index contributed by atoms with van der Waals surface area (Å²) >= 11 is 1.63. The maximum Gasteiger partial charge on any atom is 0.299 e. The van der Waals surface area contributed by atoms with Gasteiger partial charge in [-0.25, -0.2) is 0 Å². The summed E-state index contributed by atoms with van der Waals surface area (Å²) in [5.74, 6) is 1.21. The molecule has 28 heavy (non-hydrogen) atoms. The number of methoxy groups -OCH3 is 1. The molecule has 3 heterocycles. The second kappa shape index (κ2) is 8.01. The van der Waals surface area contributed by atoms with Crippen molar-refractivity contribution in [2.24, 2.45) is 0 Å². The van der Waals surface area contributed by atoms with E-state index in [1.165, 1.54) is 4.68 Å². The van der Waals surface area contributed by atoms with Gasteiger partial charge in [0.25, 0.3) is 5.91 Å². The lowest BCUT2D eigenvalue weighted by molar-refractivity contribution is 0.0942. The molecule has 0 spiro atoms. The zero-order valence-corrected chi connectivity index (χ0v) is 15.9. The predicted octanol–water partition coefficient (Wildman–Crippen LogP) is 3.71. The van der Waals surface area contributed by atoms with Gasteiger partial charge in [-0.1, -0.05) is 12.1 Å². The van der Waals surface area contributed by atoms with Gasteiger partial charge in [0.15, 0.2) is 5.82 Å². The van der Waals surface area contributed by atoms with Crippen LogP contribution in [0, 0.1) is 0 Å². The van der Waals surface area contributed by atoms with E-state index in [4.69, 9.17) is 4.74 Å². The van der Waals surface area contributed by atoms with Crippen molar-refractivity contribution >= 4 is 23.2 Å². The number of carbonyl (C=O) groups excluding carboxylic acids is 1. The smallest absolute Gasteiger partial charge is 0.299 e. The highest BCUT2D eigenvalue weighted by Crippen LogP contribution is 2.22. The molecular weight excluding hydrogens is 374 g/mol. The maximum absolute atomic E-state index is 12.9. The van der Waals surface area contributed by atoms with Crippen LogP contribution in [0.15, 0.2) is 66.2 Å². The Kier molecular flexibility index (Phi) is 5.11. The van der Waals surface area contributed by atoms with Gasteiger partial charge in [-0.05, 0) is 47.8 Å². The van der Waals surface area contributed by atoms with Gasteiger partial charge in [0.1, 0.15) is 11.4 Å². The van der Waals surface area contributed by atoms with Crippen LogP contribution < -0.4 is 10.1 Å². The largest absolute Gasteiger partial charge is 0.497 e. The molecule has 140 valence electrons. The van der Waals surface area contributed by atoms with Gasteiger partial charge in [-0.2, -0.15) is 9.67 Å². The van der Waals surface area contributed by atoms with Crippen molar-refractivity contribution in [3.8, 4) is 17.1 Å². The number of rotatable bonds is 6. The van der Waals surface area contributed by atoms with E-state index in [1.54, 1.807) is 42.8 Å². The quantitative estimate of drug-likeness (QED) is 0.540. The molecule has 1 N–H and O–H groups in total. The normalized spacial score (nSPS) is 10.6. The number of nitrogens with one attached hydrogen (secondary N) is 1. The Labute approximate surface area is 165 Å². The number of aromatic nitrogens is 4. The molecule has 4 aromatic rings. The summed E-state index contributed by atoms with van der Waals surface area (Å²) in [4.78, 5) is 22.7. The van der Waals surface area contributed by atoms with E-state index in [9.17, 15) is 4.79 Å². The van der Waals surface area contributed by atoms with E-state index in [0.29, 0.717) is 24.0 Å². The minimum Gasteiger partial charge on any atom is -0.497 e. The molecule has 0 radical (unpaired) electrons. The lowest BCUT2D eigenvalue weighted by atomic mass is 10.2. The van der Waals surface area contributed by atoms with Crippen LogP contribution in [0.2, 0.25) is 0 Å². The average Bonchev–Trinajstić information content (AvgIpc) is 3.42. The number of ether oxygens (including phenoxy) is 1. The number of thiophene rings is 1. The Morgan fingerprint density at radius 1 is 1.14 bits per heavy atom. The fourth-order valence-corrected chi connectivity index (χ4v) is 3.25. The third kappa shape index (κ3) is 3.77. The molecule has 8 heteroatoms.